The van der Waals surface area contributed by atoms with Gasteiger partial charge in [0.15, 0.2) is 11.6 Å². The van der Waals surface area contributed by atoms with Gasteiger partial charge in [-0.05, 0) is 51.7 Å². The molecule has 4 rings (SSSR count). The van der Waals surface area contributed by atoms with E-state index in [0.717, 1.165) is 25.9 Å². The van der Waals surface area contributed by atoms with E-state index >= 15 is 0 Å². The first-order valence-electron chi connectivity index (χ1n) is 17.7. The van der Waals surface area contributed by atoms with Gasteiger partial charge in [0.05, 0.1) is 11.4 Å². The number of imidazole rings is 2. The molecule has 296 valence electrons. The first kappa shape index (κ1) is 41.5. The number of amides is 6. The number of nitrogens with zero attached hydrogens (tertiary/aromatic N) is 7. The number of nitrogens with two attached hydrogens (primary N) is 1. The Kier molecular flexibility index (Phi) is 14.9. The van der Waals surface area contributed by atoms with Crippen molar-refractivity contribution in [2.24, 2.45) is 33.9 Å². The second-order valence-corrected chi connectivity index (χ2v) is 13.0. The van der Waals surface area contributed by atoms with Gasteiger partial charge in [0.1, 0.15) is 11.4 Å². The molecule has 0 unspecified atom stereocenters. The Balaban J connectivity index is 1.18. The summed E-state index contributed by atoms with van der Waals surface area (Å²) in [6, 6.07) is 3.02. The fourth-order valence-electron chi connectivity index (χ4n) is 5.52. The van der Waals surface area contributed by atoms with E-state index in [1.165, 1.54) is 29.1 Å². The molecule has 6 amide bonds. The number of carbonyl (C=O) groups is 6. The molecule has 20 nitrogen and oxygen atoms in total. The molecule has 0 aromatic carbocycles. The van der Waals surface area contributed by atoms with Gasteiger partial charge >= 0.3 is 0 Å². The van der Waals surface area contributed by atoms with Gasteiger partial charge in [0.2, 0.25) is 17.6 Å². The summed E-state index contributed by atoms with van der Waals surface area (Å²) >= 11 is 0. The van der Waals surface area contributed by atoms with Gasteiger partial charge in [-0.15, -0.1) is 0 Å². The van der Waals surface area contributed by atoms with Crippen LogP contribution in [0.15, 0.2) is 43.1 Å². The van der Waals surface area contributed by atoms with Gasteiger partial charge in [0, 0.05) is 91.7 Å². The maximum Gasteiger partial charge on any atom is 0.291 e. The van der Waals surface area contributed by atoms with Crippen molar-refractivity contribution in [3.63, 3.8) is 0 Å². The zero-order valence-corrected chi connectivity index (χ0v) is 31.8. The maximum absolute atomic E-state index is 13.1. The zero-order chi connectivity index (χ0) is 40.1. The molecule has 0 saturated heterocycles. The summed E-state index contributed by atoms with van der Waals surface area (Å²) in [6.07, 6.45) is 9.56. The predicted octanol–water partition coefficient (Wildman–Crippen LogP) is 0.000600. The zero-order valence-electron chi connectivity index (χ0n) is 31.8. The molecule has 20 heteroatoms. The Morgan fingerprint density at radius 1 is 0.655 bits per heavy atom. The molecule has 0 fully saturated rings. The Bertz CT molecular complexity index is 1990. The van der Waals surface area contributed by atoms with Gasteiger partial charge in [-0.25, -0.2) is 9.97 Å². The lowest BCUT2D eigenvalue weighted by atomic mass is 10.3. The van der Waals surface area contributed by atoms with E-state index in [-0.39, 0.29) is 60.7 Å². The molecule has 4 aromatic rings. The second kappa shape index (κ2) is 19.7. The van der Waals surface area contributed by atoms with Gasteiger partial charge < -0.3 is 60.8 Å². The third-order valence-corrected chi connectivity index (χ3v) is 8.42. The van der Waals surface area contributed by atoms with E-state index in [1.54, 1.807) is 60.5 Å². The van der Waals surface area contributed by atoms with Crippen LogP contribution >= 0.6 is 0 Å². The van der Waals surface area contributed by atoms with Crippen LogP contribution in [0.25, 0.3) is 0 Å². The van der Waals surface area contributed by atoms with Crippen molar-refractivity contribution >= 4 is 52.6 Å². The van der Waals surface area contributed by atoms with Crippen LogP contribution in [0.5, 0.6) is 0 Å². The van der Waals surface area contributed by atoms with Gasteiger partial charge in [-0.2, -0.15) is 0 Å². The van der Waals surface area contributed by atoms with E-state index in [4.69, 9.17) is 5.73 Å². The Morgan fingerprint density at radius 3 is 1.78 bits per heavy atom. The molecule has 0 aliphatic carbocycles. The number of anilines is 3. The number of rotatable bonds is 20. The Hall–Kier alpha value is -6.28. The van der Waals surface area contributed by atoms with Crippen molar-refractivity contribution in [3.05, 3.63) is 66.2 Å². The molecule has 0 bridgehead atoms. The summed E-state index contributed by atoms with van der Waals surface area (Å²) in [4.78, 5) is 86.3. The molecule has 0 aliphatic rings. The van der Waals surface area contributed by atoms with Crippen LogP contribution in [-0.2, 0) is 37.8 Å². The van der Waals surface area contributed by atoms with Crippen molar-refractivity contribution in [1.82, 2.24) is 49.1 Å². The first-order valence-corrected chi connectivity index (χ1v) is 17.7. The van der Waals surface area contributed by atoms with Crippen molar-refractivity contribution in [2.75, 3.05) is 62.3 Å². The van der Waals surface area contributed by atoms with Crippen LogP contribution in [0.2, 0.25) is 0 Å². The number of aryl methyl sites for hydroxylation is 4. The molecular weight excluding hydrogens is 712 g/mol. The Labute approximate surface area is 318 Å². The van der Waals surface area contributed by atoms with E-state index in [0.29, 0.717) is 24.5 Å². The molecule has 0 atom stereocenters. The smallest absolute Gasteiger partial charge is 0.291 e. The summed E-state index contributed by atoms with van der Waals surface area (Å²) in [5.74, 6) is -2.11. The van der Waals surface area contributed by atoms with Crippen LogP contribution < -0.4 is 37.6 Å². The van der Waals surface area contributed by atoms with Gasteiger partial charge in [0.25, 0.3) is 23.6 Å². The number of aromatic nitrogens is 6. The third-order valence-electron chi connectivity index (χ3n) is 8.42. The van der Waals surface area contributed by atoms with Crippen LogP contribution in [0.1, 0.15) is 67.9 Å². The summed E-state index contributed by atoms with van der Waals surface area (Å²) in [5, 5.41) is 16.3. The SMILES string of the molecule is CN(CCCN)CCCNC(=O)CCNC(=O)c1cc(NC(=O)c2nc(NC(=O)CCNC(=O)c3cc(NC(=O)c4nccn4C)cn3C)cn2C)cn1C. The maximum atomic E-state index is 13.1. The van der Waals surface area contributed by atoms with Crippen LogP contribution in [0, 0.1) is 0 Å². The fraction of sp³-hybridized carbons (Fsp3) is 0.429. The van der Waals surface area contributed by atoms with E-state index in [9.17, 15) is 28.8 Å². The summed E-state index contributed by atoms with van der Waals surface area (Å²) < 4.78 is 6.11. The molecule has 0 radical (unpaired) electrons. The number of hydrogen-bond donors (Lipinski definition) is 7. The van der Waals surface area contributed by atoms with Gasteiger partial charge in [-0.3, -0.25) is 28.8 Å². The molecule has 8 N–H and O–H groups in total. The number of nitrogens with one attached hydrogen (secondary N) is 6. The number of carbonyl (C=O) groups excluding carboxylic acids is 6. The van der Waals surface area contributed by atoms with Crippen molar-refractivity contribution < 1.29 is 28.8 Å². The minimum absolute atomic E-state index is 0.00110. The monoisotopic (exact) mass is 762 g/mol. The van der Waals surface area contributed by atoms with Crippen molar-refractivity contribution in [3.8, 4) is 0 Å². The summed E-state index contributed by atoms with van der Waals surface area (Å²) in [6.45, 7) is 3.10. The quantitative estimate of drug-likeness (QED) is 0.0594. The lowest BCUT2D eigenvalue weighted by Crippen LogP contribution is -2.33. The highest BCUT2D eigenvalue weighted by Gasteiger charge is 2.20. The lowest BCUT2D eigenvalue weighted by Gasteiger charge is -2.15. The molecule has 55 heavy (non-hydrogen) atoms. The highest BCUT2D eigenvalue weighted by Crippen LogP contribution is 2.16. The topological polar surface area (TPSA) is 249 Å². The van der Waals surface area contributed by atoms with Crippen LogP contribution in [0.3, 0.4) is 0 Å². The first-order chi connectivity index (χ1) is 26.2. The molecule has 4 heterocycles. The highest BCUT2D eigenvalue weighted by molar-refractivity contribution is 6.04. The minimum atomic E-state index is -0.576. The Morgan fingerprint density at radius 2 is 1.22 bits per heavy atom. The summed E-state index contributed by atoms with van der Waals surface area (Å²) in [7, 11) is 8.60. The lowest BCUT2D eigenvalue weighted by molar-refractivity contribution is -0.121. The van der Waals surface area contributed by atoms with Crippen LogP contribution in [0.4, 0.5) is 17.2 Å². The third kappa shape index (κ3) is 12.1. The predicted molar refractivity (Wildman–Crippen MR) is 204 cm³/mol. The molecular formula is C35H50N14O6. The largest absolute Gasteiger partial charge is 0.356 e. The minimum Gasteiger partial charge on any atom is -0.356 e. The van der Waals surface area contributed by atoms with E-state index < -0.39 is 29.5 Å². The van der Waals surface area contributed by atoms with E-state index in [2.05, 4.69) is 46.8 Å². The van der Waals surface area contributed by atoms with Crippen molar-refractivity contribution in [1.29, 1.82) is 0 Å². The fourth-order valence-corrected chi connectivity index (χ4v) is 5.52. The molecule has 4 aromatic heterocycles. The highest BCUT2D eigenvalue weighted by atomic mass is 16.2. The standard InChI is InChI=1S/C35H50N14O6/c1-45(15-6-10-36)16-7-11-37-28(50)8-12-39-32(52)26-19-24(21-48(26)4)42-35(55)31-44-27(22-49(31)5)43-29(51)9-13-40-33(53)25-18-23(20-47(25)3)41-34(54)30-38-14-17-46(30)2/h14,17-22H,6-13,15-16,36H2,1-5H3,(H,37,50)(H,39,52)(H,40,53)(H,41,54)(H,42,55)(H,43,51). The van der Waals surface area contributed by atoms with Gasteiger partial charge in [-0.1, -0.05) is 0 Å². The normalized spacial score (nSPS) is 11.0. The molecule has 0 spiro atoms. The van der Waals surface area contributed by atoms with Crippen LogP contribution in [-0.4, -0.2) is 115 Å². The second-order valence-electron chi connectivity index (χ2n) is 13.0. The average Bonchev–Trinajstić information content (AvgIpc) is 3.91. The van der Waals surface area contributed by atoms with E-state index in [1.807, 2.05) is 7.05 Å². The molecule has 0 saturated carbocycles. The average molecular weight is 763 g/mol. The number of hydrogen-bond acceptors (Lipinski definition) is 10. The summed E-state index contributed by atoms with van der Waals surface area (Å²) in [5.41, 5.74) is 6.82. The molecule has 0 aliphatic heterocycles. The van der Waals surface area contributed by atoms with Crippen molar-refractivity contribution in [2.45, 2.75) is 25.7 Å².